The molecule has 1 aromatic heterocycles. The van der Waals surface area contributed by atoms with Crippen LogP contribution in [0, 0.1) is 5.82 Å². The minimum Gasteiger partial charge on any atom is -0.311 e. The topological polar surface area (TPSA) is 91.4 Å². The van der Waals surface area contributed by atoms with Crippen LogP contribution in [-0.4, -0.2) is 31.9 Å². The van der Waals surface area contributed by atoms with Crippen LogP contribution in [0.15, 0.2) is 58.9 Å². The van der Waals surface area contributed by atoms with Crippen LogP contribution in [-0.2, 0) is 21.4 Å². The van der Waals surface area contributed by atoms with Crippen molar-refractivity contribution in [3.05, 3.63) is 70.4 Å². The predicted octanol–water partition coefficient (Wildman–Crippen LogP) is 4.12. The van der Waals surface area contributed by atoms with E-state index >= 15 is 0 Å². The molecule has 4 rings (SSSR count). The molecular weight excluding hydrogens is 463 g/mol. The molecule has 2 N–H and O–H groups in total. The number of anilines is 2. The van der Waals surface area contributed by atoms with Crippen LogP contribution in [0.25, 0.3) is 0 Å². The standard InChI is InChI=1S/C20H18ClFN4O3S2.2H2/c21-17-11-14(22)2-1-13(17)12-24-18-7-9-26(19(18)27)15-3-5-16(6-4-15)31(28,29)25-20-23-8-10-30-20;;/h1-6,8,10-11,18,24H,7,9,12H2,(H,23,25);2*1H. The van der Waals surface area contributed by atoms with Gasteiger partial charge in [-0.1, -0.05) is 17.7 Å². The van der Waals surface area contributed by atoms with Gasteiger partial charge in [0.15, 0.2) is 5.13 Å². The number of rotatable bonds is 7. The van der Waals surface area contributed by atoms with Crippen molar-refractivity contribution >= 4 is 49.7 Å². The van der Waals surface area contributed by atoms with E-state index in [4.69, 9.17) is 11.6 Å². The van der Waals surface area contributed by atoms with Gasteiger partial charge in [-0.2, -0.15) is 0 Å². The number of benzene rings is 2. The van der Waals surface area contributed by atoms with Crippen LogP contribution < -0.4 is 14.9 Å². The Hall–Kier alpha value is -2.53. The van der Waals surface area contributed by atoms with Gasteiger partial charge in [0.05, 0.1) is 10.9 Å². The van der Waals surface area contributed by atoms with E-state index in [9.17, 15) is 17.6 Å². The quantitative estimate of drug-likeness (QED) is 0.526. The fourth-order valence-corrected chi connectivity index (χ4v) is 5.30. The summed E-state index contributed by atoms with van der Waals surface area (Å²) in [5.74, 6) is -0.529. The summed E-state index contributed by atoms with van der Waals surface area (Å²) < 4.78 is 40.5. The highest BCUT2D eigenvalue weighted by molar-refractivity contribution is 7.93. The van der Waals surface area contributed by atoms with Crippen molar-refractivity contribution in [2.24, 2.45) is 0 Å². The van der Waals surface area contributed by atoms with Gasteiger partial charge in [-0.05, 0) is 48.4 Å². The van der Waals surface area contributed by atoms with Crippen molar-refractivity contribution < 1.29 is 20.5 Å². The Labute approximate surface area is 190 Å². The van der Waals surface area contributed by atoms with Crippen LogP contribution >= 0.6 is 22.9 Å². The summed E-state index contributed by atoms with van der Waals surface area (Å²) in [6, 6.07) is 9.86. The summed E-state index contributed by atoms with van der Waals surface area (Å²) in [6.45, 7) is 0.833. The molecule has 0 radical (unpaired) electrons. The van der Waals surface area contributed by atoms with Gasteiger partial charge in [0, 0.05) is 38.2 Å². The first-order chi connectivity index (χ1) is 14.8. The van der Waals surface area contributed by atoms with Gasteiger partial charge in [-0.15, -0.1) is 11.3 Å². The van der Waals surface area contributed by atoms with Gasteiger partial charge < -0.3 is 10.2 Å². The molecule has 1 aliphatic heterocycles. The summed E-state index contributed by atoms with van der Waals surface area (Å²) in [4.78, 5) is 18.4. The largest absolute Gasteiger partial charge is 0.311 e. The third kappa shape index (κ3) is 4.87. The lowest BCUT2D eigenvalue weighted by atomic mass is 10.2. The van der Waals surface area contributed by atoms with E-state index in [0.717, 1.165) is 0 Å². The molecule has 0 aliphatic carbocycles. The molecule has 1 amide bonds. The Balaban J connectivity index is 0.00000193. The molecule has 3 aromatic rings. The maximum Gasteiger partial charge on any atom is 0.263 e. The first-order valence-corrected chi connectivity index (χ1v) is 12.1. The van der Waals surface area contributed by atoms with Crippen molar-refractivity contribution in [1.82, 2.24) is 10.3 Å². The molecule has 1 aliphatic rings. The first-order valence-electron chi connectivity index (χ1n) is 9.34. The molecule has 31 heavy (non-hydrogen) atoms. The Morgan fingerprint density at radius 2 is 2.03 bits per heavy atom. The molecule has 0 bridgehead atoms. The van der Waals surface area contributed by atoms with Gasteiger partial charge in [0.2, 0.25) is 5.91 Å². The van der Waals surface area contributed by atoms with Crippen molar-refractivity contribution in [1.29, 1.82) is 0 Å². The molecule has 1 fully saturated rings. The van der Waals surface area contributed by atoms with Gasteiger partial charge in [0.25, 0.3) is 10.0 Å². The summed E-state index contributed by atoms with van der Waals surface area (Å²) >= 11 is 7.22. The van der Waals surface area contributed by atoms with E-state index < -0.39 is 21.9 Å². The average molecular weight is 485 g/mol. The third-order valence-corrected chi connectivity index (χ3v) is 7.40. The van der Waals surface area contributed by atoms with Crippen molar-refractivity contribution in [2.45, 2.75) is 23.9 Å². The van der Waals surface area contributed by atoms with Crippen molar-refractivity contribution in [3.63, 3.8) is 0 Å². The van der Waals surface area contributed by atoms with E-state index in [-0.39, 0.29) is 18.8 Å². The highest BCUT2D eigenvalue weighted by Crippen LogP contribution is 2.25. The zero-order chi connectivity index (χ0) is 22.0. The van der Waals surface area contributed by atoms with Crippen LogP contribution in [0.5, 0.6) is 0 Å². The number of thiazole rings is 1. The molecule has 0 saturated carbocycles. The van der Waals surface area contributed by atoms with Gasteiger partial charge in [-0.25, -0.2) is 17.8 Å². The van der Waals surface area contributed by atoms with Gasteiger partial charge in [0.1, 0.15) is 5.82 Å². The second-order valence-electron chi connectivity index (χ2n) is 6.88. The third-order valence-electron chi connectivity index (χ3n) is 4.87. The summed E-state index contributed by atoms with van der Waals surface area (Å²) in [5.41, 5.74) is 1.32. The predicted molar refractivity (Wildman–Crippen MR) is 123 cm³/mol. The van der Waals surface area contributed by atoms with E-state index in [1.54, 1.807) is 28.5 Å². The Kier molecular flexibility index (Phi) is 6.24. The second-order valence-corrected chi connectivity index (χ2v) is 9.87. The van der Waals surface area contributed by atoms with E-state index in [1.165, 1.54) is 41.8 Å². The zero-order valence-corrected chi connectivity index (χ0v) is 18.5. The van der Waals surface area contributed by atoms with Crippen molar-refractivity contribution in [3.8, 4) is 0 Å². The molecule has 166 valence electrons. The molecule has 2 heterocycles. The number of carbonyl (C=O) groups excluding carboxylic acids is 1. The SMILES string of the molecule is O=C1C(NCc2ccc(F)cc2Cl)CCN1c1ccc(S(=O)(=O)Nc2nccs2)cc1.[HH].[HH]. The number of amides is 1. The minimum atomic E-state index is -3.75. The van der Waals surface area contributed by atoms with Crippen LogP contribution in [0.1, 0.15) is 14.8 Å². The van der Waals surface area contributed by atoms with Crippen molar-refractivity contribution in [2.75, 3.05) is 16.2 Å². The monoisotopic (exact) mass is 484 g/mol. The first kappa shape index (κ1) is 21.7. The lowest BCUT2D eigenvalue weighted by Crippen LogP contribution is -2.38. The maximum atomic E-state index is 13.2. The Morgan fingerprint density at radius 1 is 1.26 bits per heavy atom. The smallest absolute Gasteiger partial charge is 0.263 e. The van der Waals surface area contributed by atoms with Crippen LogP contribution in [0.3, 0.4) is 0 Å². The number of halogens is 2. The minimum absolute atomic E-state index is 0. The number of nitrogens with one attached hydrogen (secondary N) is 2. The fraction of sp³-hybridized carbons (Fsp3) is 0.200. The van der Waals surface area contributed by atoms with E-state index in [1.807, 2.05) is 0 Å². The number of nitrogens with zero attached hydrogens (tertiary/aromatic N) is 2. The number of sulfonamides is 1. The number of carbonyl (C=O) groups is 1. The van der Waals surface area contributed by atoms with Gasteiger partial charge >= 0.3 is 0 Å². The summed E-state index contributed by atoms with van der Waals surface area (Å²) in [7, 11) is -3.75. The summed E-state index contributed by atoms with van der Waals surface area (Å²) in [6.07, 6.45) is 2.10. The number of aromatic nitrogens is 1. The number of hydrogen-bond donors (Lipinski definition) is 2. The molecule has 1 saturated heterocycles. The number of hydrogen-bond acceptors (Lipinski definition) is 6. The maximum absolute atomic E-state index is 13.2. The molecular formula is C20H22ClFN4O3S2. The van der Waals surface area contributed by atoms with Gasteiger partial charge in [-0.3, -0.25) is 9.52 Å². The zero-order valence-electron chi connectivity index (χ0n) is 16.1. The lowest BCUT2D eigenvalue weighted by Gasteiger charge is -2.18. The molecule has 0 spiro atoms. The fourth-order valence-electron chi connectivity index (χ4n) is 3.28. The molecule has 1 unspecified atom stereocenters. The second kappa shape index (κ2) is 8.91. The van der Waals surface area contributed by atoms with Crippen LogP contribution in [0.2, 0.25) is 5.02 Å². The molecule has 7 nitrogen and oxygen atoms in total. The molecule has 1 atom stereocenters. The normalized spacial score (nSPS) is 16.6. The molecule has 2 aromatic carbocycles. The Morgan fingerprint density at radius 3 is 2.71 bits per heavy atom. The Bertz CT molecular complexity index is 1200. The highest BCUT2D eigenvalue weighted by atomic mass is 35.5. The van der Waals surface area contributed by atoms with E-state index in [2.05, 4.69) is 15.0 Å². The van der Waals surface area contributed by atoms with E-state index in [0.29, 0.717) is 35.8 Å². The van der Waals surface area contributed by atoms with Crippen LogP contribution in [0.4, 0.5) is 15.2 Å². The highest BCUT2D eigenvalue weighted by Gasteiger charge is 2.32. The summed E-state index contributed by atoms with van der Waals surface area (Å²) in [5, 5.41) is 5.42. The average Bonchev–Trinajstić information content (AvgIpc) is 3.37. The molecule has 11 heteroatoms. The lowest BCUT2D eigenvalue weighted by molar-refractivity contribution is -0.118.